The third-order valence-electron chi connectivity index (χ3n) is 2.12. The molecule has 0 aromatic heterocycles. The molecule has 1 rings (SSSR count). The maximum Gasteiger partial charge on any atom is 0.146 e. The molecule has 1 aromatic rings. The third-order valence-corrected chi connectivity index (χ3v) is 2.45. The molecule has 0 aliphatic rings. The Morgan fingerprint density at radius 1 is 1.53 bits per heavy atom. The quantitative estimate of drug-likeness (QED) is 0.579. The third kappa shape index (κ3) is 2.83. The number of methoxy groups -OCH3 is 1. The Hall–Kier alpha value is -1.28. The minimum Gasteiger partial charge on any atom is -0.496 e. The van der Waals surface area contributed by atoms with Crippen LogP contribution in [0.15, 0.2) is 23.8 Å². The zero-order chi connectivity index (χ0) is 11.3. The predicted octanol–water partition coefficient (Wildman–Crippen LogP) is 3.34. The predicted molar refractivity (Wildman–Crippen MR) is 62.3 cm³/mol. The van der Waals surface area contributed by atoms with Gasteiger partial charge in [0.1, 0.15) is 12.0 Å². The van der Waals surface area contributed by atoms with Crippen molar-refractivity contribution in [3.05, 3.63) is 34.4 Å². The van der Waals surface area contributed by atoms with Crippen LogP contribution in [-0.2, 0) is 4.79 Å². The lowest BCUT2D eigenvalue weighted by Crippen LogP contribution is -1.89. The zero-order valence-corrected chi connectivity index (χ0v) is 9.54. The van der Waals surface area contributed by atoms with Crippen molar-refractivity contribution in [1.29, 1.82) is 0 Å². The van der Waals surface area contributed by atoms with Crippen LogP contribution in [-0.4, -0.2) is 13.4 Å². The van der Waals surface area contributed by atoms with Crippen molar-refractivity contribution in [1.82, 2.24) is 0 Å². The number of rotatable bonds is 4. The summed E-state index contributed by atoms with van der Waals surface area (Å²) in [7, 11) is 1.58. The van der Waals surface area contributed by atoms with Gasteiger partial charge in [-0.05, 0) is 30.2 Å². The SMILES string of the molecule is CC/C(C=O)=C/c1c(Cl)cccc1OC. The average molecular weight is 225 g/mol. The molecule has 0 spiro atoms. The van der Waals surface area contributed by atoms with E-state index in [4.69, 9.17) is 16.3 Å². The Labute approximate surface area is 94.5 Å². The molecule has 0 aliphatic carbocycles. The number of hydrogen-bond acceptors (Lipinski definition) is 2. The minimum atomic E-state index is 0.585. The summed E-state index contributed by atoms with van der Waals surface area (Å²) in [4.78, 5) is 10.7. The Morgan fingerprint density at radius 2 is 2.27 bits per heavy atom. The van der Waals surface area contributed by atoms with Gasteiger partial charge in [0.2, 0.25) is 0 Å². The molecule has 80 valence electrons. The largest absolute Gasteiger partial charge is 0.496 e. The standard InChI is InChI=1S/C12H13ClO2/c1-3-9(8-14)7-10-11(13)5-4-6-12(10)15-2/h4-8H,3H2,1-2H3/b9-7-. The molecular formula is C12H13ClO2. The van der Waals surface area contributed by atoms with Gasteiger partial charge in [-0.25, -0.2) is 0 Å². The van der Waals surface area contributed by atoms with Crippen LogP contribution in [0, 0.1) is 0 Å². The average Bonchev–Trinajstić information content (AvgIpc) is 2.27. The first kappa shape index (κ1) is 11.8. The van der Waals surface area contributed by atoms with E-state index in [2.05, 4.69) is 0 Å². The van der Waals surface area contributed by atoms with Gasteiger partial charge in [-0.2, -0.15) is 0 Å². The van der Waals surface area contributed by atoms with E-state index in [0.717, 1.165) is 11.8 Å². The van der Waals surface area contributed by atoms with E-state index in [0.29, 0.717) is 22.8 Å². The first-order valence-electron chi connectivity index (χ1n) is 4.71. The summed E-state index contributed by atoms with van der Waals surface area (Å²) in [6, 6.07) is 5.40. The van der Waals surface area contributed by atoms with Gasteiger partial charge < -0.3 is 4.74 Å². The molecule has 15 heavy (non-hydrogen) atoms. The van der Waals surface area contributed by atoms with Crippen molar-refractivity contribution in [2.45, 2.75) is 13.3 Å². The fourth-order valence-corrected chi connectivity index (χ4v) is 1.46. The van der Waals surface area contributed by atoms with E-state index >= 15 is 0 Å². The fourth-order valence-electron chi connectivity index (χ4n) is 1.24. The number of hydrogen-bond donors (Lipinski definition) is 0. The number of carbonyl (C=O) groups is 1. The van der Waals surface area contributed by atoms with Gasteiger partial charge in [-0.3, -0.25) is 4.79 Å². The summed E-state index contributed by atoms with van der Waals surface area (Å²) in [6.45, 7) is 1.92. The highest BCUT2D eigenvalue weighted by atomic mass is 35.5. The fraction of sp³-hybridized carbons (Fsp3) is 0.250. The molecule has 2 nitrogen and oxygen atoms in total. The molecule has 0 heterocycles. The van der Waals surface area contributed by atoms with Crippen LogP contribution in [0.3, 0.4) is 0 Å². The Balaban J connectivity index is 3.22. The smallest absolute Gasteiger partial charge is 0.146 e. The Bertz CT molecular complexity index is 383. The lowest BCUT2D eigenvalue weighted by Gasteiger charge is -2.06. The van der Waals surface area contributed by atoms with Crippen LogP contribution in [0.1, 0.15) is 18.9 Å². The molecule has 0 N–H and O–H groups in total. The minimum absolute atomic E-state index is 0.585. The van der Waals surface area contributed by atoms with Crippen molar-refractivity contribution >= 4 is 24.0 Å². The second-order valence-electron chi connectivity index (χ2n) is 3.05. The van der Waals surface area contributed by atoms with Gasteiger partial charge in [-0.1, -0.05) is 24.6 Å². The van der Waals surface area contributed by atoms with E-state index in [1.54, 1.807) is 19.3 Å². The summed E-state index contributed by atoms with van der Waals surface area (Å²) in [5, 5.41) is 0.585. The molecule has 0 saturated carbocycles. The molecule has 0 saturated heterocycles. The Kier molecular flexibility index (Phi) is 4.37. The van der Waals surface area contributed by atoms with Gasteiger partial charge in [0.25, 0.3) is 0 Å². The topological polar surface area (TPSA) is 26.3 Å². The number of allylic oxidation sites excluding steroid dienone is 1. The molecule has 0 aliphatic heterocycles. The molecule has 0 bridgehead atoms. The molecule has 0 unspecified atom stereocenters. The molecule has 0 amide bonds. The highest BCUT2D eigenvalue weighted by Crippen LogP contribution is 2.28. The maximum absolute atomic E-state index is 10.7. The second-order valence-corrected chi connectivity index (χ2v) is 3.45. The van der Waals surface area contributed by atoms with Crippen molar-refractivity contribution in [2.75, 3.05) is 7.11 Å². The van der Waals surface area contributed by atoms with E-state index in [1.165, 1.54) is 0 Å². The van der Waals surface area contributed by atoms with Crippen LogP contribution < -0.4 is 4.74 Å². The lowest BCUT2D eigenvalue weighted by molar-refractivity contribution is -0.104. The van der Waals surface area contributed by atoms with E-state index in [-0.39, 0.29) is 0 Å². The zero-order valence-electron chi connectivity index (χ0n) is 8.79. The highest BCUT2D eigenvalue weighted by molar-refractivity contribution is 6.32. The highest BCUT2D eigenvalue weighted by Gasteiger charge is 2.05. The molecule has 1 aromatic carbocycles. The van der Waals surface area contributed by atoms with Gasteiger partial charge in [0, 0.05) is 5.56 Å². The normalized spacial score (nSPS) is 11.3. The number of halogens is 1. The molecular weight excluding hydrogens is 212 g/mol. The van der Waals surface area contributed by atoms with Crippen LogP contribution in [0.5, 0.6) is 5.75 Å². The second kappa shape index (κ2) is 5.56. The van der Waals surface area contributed by atoms with Crippen molar-refractivity contribution in [3.63, 3.8) is 0 Å². The van der Waals surface area contributed by atoms with Crippen LogP contribution in [0.4, 0.5) is 0 Å². The number of carbonyl (C=O) groups excluding carboxylic acids is 1. The summed E-state index contributed by atoms with van der Waals surface area (Å²) < 4.78 is 5.17. The van der Waals surface area contributed by atoms with Gasteiger partial charge >= 0.3 is 0 Å². The van der Waals surface area contributed by atoms with E-state index in [9.17, 15) is 4.79 Å². The van der Waals surface area contributed by atoms with Crippen molar-refractivity contribution in [2.24, 2.45) is 0 Å². The van der Waals surface area contributed by atoms with Crippen LogP contribution in [0.2, 0.25) is 5.02 Å². The molecule has 3 heteroatoms. The molecule has 0 fully saturated rings. The lowest BCUT2D eigenvalue weighted by atomic mass is 10.1. The van der Waals surface area contributed by atoms with Crippen LogP contribution in [0.25, 0.3) is 6.08 Å². The summed E-state index contributed by atoms with van der Waals surface area (Å²) in [5.41, 5.74) is 1.45. The summed E-state index contributed by atoms with van der Waals surface area (Å²) >= 11 is 6.03. The first-order valence-corrected chi connectivity index (χ1v) is 5.09. The number of benzene rings is 1. The first-order chi connectivity index (χ1) is 7.22. The van der Waals surface area contributed by atoms with Gasteiger partial charge in [-0.15, -0.1) is 0 Å². The van der Waals surface area contributed by atoms with Gasteiger partial charge in [0.05, 0.1) is 12.1 Å². The molecule has 0 atom stereocenters. The van der Waals surface area contributed by atoms with Crippen LogP contribution >= 0.6 is 11.6 Å². The Morgan fingerprint density at radius 3 is 2.80 bits per heavy atom. The van der Waals surface area contributed by atoms with E-state index in [1.807, 2.05) is 19.1 Å². The van der Waals surface area contributed by atoms with Gasteiger partial charge in [0.15, 0.2) is 0 Å². The number of aldehydes is 1. The monoisotopic (exact) mass is 224 g/mol. The summed E-state index contributed by atoms with van der Waals surface area (Å²) in [6.07, 6.45) is 3.27. The van der Waals surface area contributed by atoms with E-state index < -0.39 is 0 Å². The molecule has 0 radical (unpaired) electrons. The van der Waals surface area contributed by atoms with Crippen molar-refractivity contribution < 1.29 is 9.53 Å². The summed E-state index contributed by atoms with van der Waals surface area (Å²) in [5.74, 6) is 0.676. The van der Waals surface area contributed by atoms with Crippen molar-refractivity contribution in [3.8, 4) is 5.75 Å². The number of ether oxygens (including phenoxy) is 1. The maximum atomic E-state index is 10.7.